The number of methoxy groups -OCH3 is 1. The third-order valence-corrected chi connectivity index (χ3v) is 4.72. The van der Waals surface area contributed by atoms with Crippen LogP contribution in [0.3, 0.4) is 0 Å². The van der Waals surface area contributed by atoms with Gasteiger partial charge >= 0.3 is 4.87 Å². The van der Waals surface area contributed by atoms with Crippen LogP contribution in [-0.4, -0.2) is 30.1 Å². The Morgan fingerprint density at radius 1 is 1.22 bits per heavy atom. The lowest BCUT2D eigenvalue weighted by Crippen LogP contribution is -2.24. The number of hydrogen-bond donors (Lipinski definition) is 1. The maximum absolute atomic E-state index is 11.9. The van der Waals surface area contributed by atoms with Crippen molar-refractivity contribution in [1.82, 2.24) is 9.88 Å². The molecule has 1 aromatic carbocycles. The predicted octanol–water partition coefficient (Wildman–Crippen LogP) is 4.04. The first-order chi connectivity index (χ1) is 11.1. The Hall–Kier alpha value is -1.59. The van der Waals surface area contributed by atoms with E-state index in [1.54, 1.807) is 7.11 Å². The molecule has 1 heterocycles. The summed E-state index contributed by atoms with van der Waals surface area (Å²) in [5, 5.41) is 0. The molecule has 0 bridgehead atoms. The fourth-order valence-corrected chi connectivity index (χ4v) is 3.74. The Morgan fingerprint density at radius 3 is 2.48 bits per heavy atom. The van der Waals surface area contributed by atoms with Crippen molar-refractivity contribution in [2.45, 2.75) is 40.2 Å². The van der Waals surface area contributed by atoms with Crippen LogP contribution in [0.1, 0.15) is 37.1 Å². The molecule has 2 aromatic rings. The molecule has 0 amide bonds. The van der Waals surface area contributed by atoms with Crippen molar-refractivity contribution < 1.29 is 4.74 Å². The molecule has 5 heteroatoms. The maximum Gasteiger partial charge on any atom is 0.305 e. The van der Waals surface area contributed by atoms with Gasteiger partial charge in [-0.3, -0.25) is 9.69 Å². The topological polar surface area (TPSA) is 45.3 Å². The van der Waals surface area contributed by atoms with E-state index in [0.29, 0.717) is 0 Å². The number of nitrogens with zero attached hydrogens (tertiary/aromatic N) is 1. The fourth-order valence-electron chi connectivity index (χ4n) is 2.84. The third-order valence-electron chi connectivity index (χ3n) is 3.85. The molecular formula is C18H26N2O2S. The van der Waals surface area contributed by atoms with Crippen LogP contribution in [0.2, 0.25) is 0 Å². The lowest BCUT2D eigenvalue weighted by atomic mass is 10.1. The van der Waals surface area contributed by atoms with Gasteiger partial charge in [-0.15, -0.1) is 0 Å². The van der Waals surface area contributed by atoms with Gasteiger partial charge in [-0.05, 0) is 62.2 Å². The second kappa shape index (κ2) is 8.31. The molecule has 0 saturated carbocycles. The summed E-state index contributed by atoms with van der Waals surface area (Å²) in [6.07, 6.45) is 2.24. The molecule has 0 radical (unpaired) electrons. The molecule has 0 aliphatic rings. The second-order valence-electron chi connectivity index (χ2n) is 5.77. The van der Waals surface area contributed by atoms with E-state index in [1.165, 1.54) is 11.3 Å². The molecule has 4 nitrogen and oxygen atoms in total. The number of ether oxygens (including phenoxy) is 1. The standard InChI is InChI=1S/C18H26N2O2S/c1-5-9-20(10-6-2)12-16-17(19-18(21)23-16)14-7-8-15(22-4)13(3)11-14/h7-8,11H,5-6,9-10,12H2,1-4H3,(H,19,21). The maximum atomic E-state index is 11.9. The van der Waals surface area contributed by atoms with Crippen molar-refractivity contribution in [2.24, 2.45) is 0 Å². The van der Waals surface area contributed by atoms with Crippen molar-refractivity contribution in [3.8, 4) is 17.0 Å². The molecule has 0 saturated heterocycles. The minimum Gasteiger partial charge on any atom is -0.496 e. The van der Waals surface area contributed by atoms with Crippen molar-refractivity contribution in [1.29, 1.82) is 0 Å². The van der Waals surface area contributed by atoms with Crippen LogP contribution in [-0.2, 0) is 6.54 Å². The number of H-pyrrole nitrogens is 1. The highest BCUT2D eigenvalue weighted by Gasteiger charge is 2.14. The third kappa shape index (κ3) is 4.45. The van der Waals surface area contributed by atoms with Gasteiger partial charge in [-0.25, -0.2) is 0 Å². The first-order valence-corrected chi connectivity index (χ1v) is 9.00. The van der Waals surface area contributed by atoms with Gasteiger partial charge in [0, 0.05) is 11.4 Å². The van der Waals surface area contributed by atoms with E-state index in [0.717, 1.165) is 59.9 Å². The molecule has 0 unspecified atom stereocenters. The van der Waals surface area contributed by atoms with E-state index in [1.807, 2.05) is 19.1 Å². The number of aromatic nitrogens is 1. The second-order valence-corrected chi connectivity index (χ2v) is 6.84. The lowest BCUT2D eigenvalue weighted by molar-refractivity contribution is 0.269. The first-order valence-electron chi connectivity index (χ1n) is 8.18. The molecule has 1 aromatic heterocycles. The average molecular weight is 334 g/mol. The van der Waals surface area contributed by atoms with E-state index in [9.17, 15) is 4.79 Å². The summed E-state index contributed by atoms with van der Waals surface area (Å²) in [4.78, 5) is 18.5. The summed E-state index contributed by atoms with van der Waals surface area (Å²) in [5.41, 5.74) is 3.06. The highest BCUT2D eigenvalue weighted by molar-refractivity contribution is 7.09. The Kier molecular flexibility index (Phi) is 6.42. The van der Waals surface area contributed by atoms with Gasteiger partial charge in [0.25, 0.3) is 0 Å². The zero-order valence-electron chi connectivity index (χ0n) is 14.4. The van der Waals surface area contributed by atoms with E-state index in [4.69, 9.17) is 4.74 Å². The van der Waals surface area contributed by atoms with Crippen LogP contribution < -0.4 is 9.61 Å². The zero-order valence-corrected chi connectivity index (χ0v) is 15.3. The number of aromatic amines is 1. The smallest absolute Gasteiger partial charge is 0.305 e. The fraction of sp³-hybridized carbons (Fsp3) is 0.500. The van der Waals surface area contributed by atoms with Gasteiger partial charge in [0.2, 0.25) is 0 Å². The van der Waals surface area contributed by atoms with Crippen LogP contribution >= 0.6 is 11.3 Å². The van der Waals surface area contributed by atoms with Gasteiger partial charge in [-0.2, -0.15) is 0 Å². The van der Waals surface area contributed by atoms with E-state index < -0.39 is 0 Å². The first kappa shape index (κ1) is 17.8. The van der Waals surface area contributed by atoms with Crippen LogP contribution in [0.5, 0.6) is 5.75 Å². The molecule has 1 N–H and O–H groups in total. The number of nitrogens with one attached hydrogen (secondary N) is 1. The van der Waals surface area contributed by atoms with E-state index in [-0.39, 0.29) is 4.87 Å². The lowest BCUT2D eigenvalue weighted by Gasteiger charge is -2.20. The predicted molar refractivity (Wildman–Crippen MR) is 97.5 cm³/mol. The van der Waals surface area contributed by atoms with Crippen molar-refractivity contribution in [3.05, 3.63) is 38.3 Å². The Morgan fingerprint density at radius 2 is 1.91 bits per heavy atom. The minimum absolute atomic E-state index is 0.0106. The van der Waals surface area contributed by atoms with Gasteiger partial charge < -0.3 is 9.72 Å². The summed E-state index contributed by atoms with van der Waals surface area (Å²) >= 11 is 1.32. The molecule has 23 heavy (non-hydrogen) atoms. The van der Waals surface area contributed by atoms with Gasteiger partial charge in [0.1, 0.15) is 5.75 Å². The van der Waals surface area contributed by atoms with Crippen molar-refractivity contribution >= 4 is 11.3 Å². The normalized spacial score (nSPS) is 11.2. The SMILES string of the molecule is CCCN(CCC)Cc1sc(=O)[nH]c1-c1ccc(OC)c(C)c1. The number of aryl methyl sites for hydroxylation is 1. The number of benzene rings is 1. The van der Waals surface area contributed by atoms with E-state index >= 15 is 0 Å². The molecule has 2 rings (SSSR count). The van der Waals surface area contributed by atoms with Crippen LogP contribution in [0.4, 0.5) is 0 Å². The molecule has 0 fully saturated rings. The molecule has 126 valence electrons. The number of thiazole rings is 1. The van der Waals surface area contributed by atoms with Crippen molar-refractivity contribution in [3.63, 3.8) is 0 Å². The number of rotatable bonds is 8. The summed E-state index contributed by atoms with van der Waals surface area (Å²) in [6.45, 7) is 9.34. The zero-order chi connectivity index (χ0) is 16.8. The summed E-state index contributed by atoms with van der Waals surface area (Å²) in [5.74, 6) is 0.867. The van der Waals surface area contributed by atoms with Gasteiger partial charge in [-0.1, -0.05) is 25.2 Å². The summed E-state index contributed by atoms with van der Waals surface area (Å²) < 4.78 is 5.32. The van der Waals surface area contributed by atoms with Crippen LogP contribution in [0.15, 0.2) is 23.0 Å². The Balaban J connectivity index is 2.33. The van der Waals surface area contributed by atoms with Crippen LogP contribution in [0, 0.1) is 6.92 Å². The highest BCUT2D eigenvalue weighted by atomic mass is 32.1. The Bertz CT molecular complexity index is 685. The van der Waals surface area contributed by atoms with E-state index in [2.05, 4.69) is 29.8 Å². The molecule has 0 aliphatic carbocycles. The summed E-state index contributed by atoms with van der Waals surface area (Å²) in [6, 6.07) is 6.04. The summed E-state index contributed by atoms with van der Waals surface area (Å²) in [7, 11) is 1.67. The monoisotopic (exact) mass is 334 g/mol. The van der Waals surface area contributed by atoms with Crippen molar-refractivity contribution in [2.75, 3.05) is 20.2 Å². The quantitative estimate of drug-likeness (QED) is 0.792. The van der Waals surface area contributed by atoms with Gasteiger partial charge in [0.15, 0.2) is 0 Å². The molecular weight excluding hydrogens is 308 g/mol. The molecule has 0 atom stereocenters. The van der Waals surface area contributed by atoms with Crippen LogP contribution in [0.25, 0.3) is 11.3 Å². The van der Waals surface area contributed by atoms with Gasteiger partial charge in [0.05, 0.1) is 12.8 Å². The largest absolute Gasteiger partial charge is 0.496 e. The average Bonchev–Trinajstić information content (AvgIpc) is 2.88. The highest BCUT2D eigenvalue weighted by Crippen LogP contribution is 2.29. The minimum atomic E-state index is 0.0106. The molecule has 0 aliphatic heterocycles. The Labute approximate surface area is 142 Å². The number of hydrogen-bond acceptors (Lipinski definition) is 4. The molecule has 0 spiro atoms.